The van der Waals surface area contributed by atoms with Crippen LogP contribution in [0.25, 0.3) is 11.0 Å². The Morgan fingerprint density at radius 3 is 2.86 bits per heavy atom. The highest BCUT2D eigenvalue weighted by Crippen LogP contribution is 2.21. The lowest BCUT2D eigenvalue weighted by Crippen LogP contribution is -2.25. The summed E-state index contributed by atoms with van der Waals surface area (Å²) in [5, 5.41) is 5.18. The molecule has 114 valence electrons. The molecule has 1 aromatic carbocycles. The normalized spacial score (nSPS) is 10.9. The highest BCUT2D eigenvalue weighted by atomic mass is 16.5. The number of rotatable bonds is 5. The summed E-state index contributed by atoms with van der Waals surface area (Å²) < 4.78 is 7.59. The summed E-state index contributed by atoms with van der Waals surface area (Å²) in [4.78, 5) is 10.7. The van der Waals surface area contributed by atoms with Gasteiger partial charge >= 0.3 is 0 Å². The summed E-state index contributed by atoms with van der Waals surface area (Å²) >= 11 is 0. The molecule has 3 rings (SSSR count). The molecule has 6 heteroatoms. The second-order valence-corrected chi connectivity index (χ2v) is 5.24. The van der Waals surface area contributed by atoms with Crippen molar-refractivity contribution in [3.8, 4) is 5.75 Å². The van der Waals surface area contributed by atoms with Gasteiger partial charge in [0.2, 0.25) is 0 Å². The first kappa shape index (κ1) is 14.3. The Balaban J connectivity index is 1.69. The fraction of sp³-hybridized carbons (Fsp3) is 0.312. The topological polar surface area (TPSA) is 56.1 Å². The van der Waals surface area contributed by atoms with E-state index in [1.165, 1.54) is 0 Å². The van der Waals surface area contributed by atoms with Crippen LogP contribution in [0.5, 0.6) is 5.75 Å². The molecule has 2 aromatic heterocycles. The molecule has 0 spiro atoms. The van der Waals surface area contributed by atoms with E-state index in [4.69, 9.17) is 4.74 Å². The summed E-state index contributed by atoms with van der Waals surface area (Å²) in [6, 6.07) is 8.02. The van der Waals surface area contributed by atoms with Gasteiger partial charge in [0.25, 0.3) is 0 Å². The first-order chi connectivity index (χ1) is 10.7. The predicted molar refractivity (Wildman–Crippen MR) is 86.2 cm³/mol. The molecule has 3 aromatic rings. The minimum Gasteiger partial charge on any atom is -0.491 e. The van der Waals surface area contributed by atoms with Gasteiger partial charge in [-0.15, -0.1) is 0 Å². The van der Waals surface area contributed by atoms with Crippen LogP contribution in [-0.4, -0.2) is 39.9 Å². The van der Waals surface area contributed by atoms with Gasteiger partial charge in [-0.2, -0.15) is 5.10 Å². The van der Waals surface area contributed by atoms with Gasteiger partial charge in [0, 0.05) is 14.1 Å². The predicted octanol–water partition coefficient (Wildman–Crippen LogP) is 2.19. The zero-order valence-corrected chi connectivity index (χ0v) is 13.0. The number of likely N-dealkylation sites (N-methyl/N-ethyl adjacent to an activating group) is 1. The van der Waals surface area contributed by atoms with Crippen molar-refractivity contribution < 1.29 is 4.74 Å². The van der Waals surface area contributed by atoms with Crippen LogP contribution in [-0.2, 0) is 7.05 Å². The molecule has 0 saturated carbocycles. The van der Waals surface area contributed by atoms with E-state index in [1.54, 1.807) is 17.2 Å². The number of aryl methyl sites for hydroxylation is 2. The Hall–Kier alpha value is -2.63. The second-order valence-electron chi connectivity index (χ2n) is 5.24. The molecule has 0 unspecified atom stereocenters. The number of aromatic nitrogens is 4. The van der Waals surface area contributed by atoms with Crippen LogP contribution < -0.4 is 9.64 Å². The summed E-state index contributed by atoms with van der Waals surface area (Å²) in [6.07, 6.45) is 3.36. The summed E-state index contributed by atoms with van der Waals surface area (Å²) in [5.74, 6) is 1.79. The maximum Gasteiger partial charge on any atom is 0.163 e. The van der Waals surface area contributed by atoms with Crippen molar-refractivity contribution in [2.45, 2.75) is 6.92 Å². The number of nitrogens with zero attached hydrogens (tertiary/aromatic N) is 5. The molecule has 6 nitrogen and oxygen atoms in total. The Kier molecular flexibility index (Phi) is 3.91. The maximum atomic E-state index is 5.84. The fourth-order valence-electron chi connectivity index (χ4n) is 2.37. The standard InChI is InChI=1S/C16H19N5O/c1-12-6-4-5-7-14(12)22-9-8-20(2)15-13-10-19-21(3)16(13)18-11-17-15/h4-7,10-11H,8-9H2,1-3H3. The monoisotopic (exact) mass is 297 g/mol. The van der Waals surface area contributed by atoms with Gasteiger partial charge in [0.05, 0.1) is 18.1 Å². The molecule has 22 heavy (non-hydrogen) atoms. The van der Waals surface area contributed by atoms with Gasteiger partial charge in [-0.05, 0) is 18.6 Å². The largest absolute Gasteiger partial charge is 0.491 e. The van der Waals surface area contributed by atoms with Crippen molar-refractivity contribution in [3.05, 3.63) is 42.4 Å². The van der Waals surface area contributed by atoms with E-state index >= 15 is 0 Å². The van der Waals surface area contributed by atoms with Crippen LogP contribution in [0.3, 0.4) is 0 Å². The fourth-order valence-corrected chi connectivity index (χ4v) is 2.37. The second kappa shape index (κ2) is 6.01. The quantitative estimate of drug-likeness (QED) is 0.722. The van der Waals surface area contributed by atoms with Crippen LogP contribution in [0.2, 0.25) is 0 Å². The lowest BCUT2D eigenvalue weighted by Gasteiger charge is -2.19. The van der Waals surface area contributed by atoms with Crippen molar-refractivity contribution in [1.82, 2.24) is 19.7 Å². The zero-order chi connectivity index (χ0) is 15.5. The molecule has 0 aliphatic rings. The van der Waals surface area contributed by atoms with Crippen molar-refractivity contribution >= 4 is 16.9 Å². The van der Waals surface area contributed by atoms with Crippen LogP contribution >= 0.6 is 0 Å². The molecule has 2 heterocycles. The third-order valence-corrected chi connectivity index (χ3v) is 3.65. The van der Waals surface area contributed by atoms with Gasteiger partial charge < -0.3 is 9.64 Å². The molecule has 0 saturated heterocycles. The molecule has 0 atom stereocenters. The van der Waals surface area contributed by atoms with Gasteiger partial charge in [-0.3, -0.25) is 4.68 Å². The average molecular weight is 297 g/mol. The molecule has 0 amide bonds. The van der Waals surface area contributed by atoms with Crippen molar-refractivity contribution in [3.63, 3.8) is 0 Å². The van der Waals surface area contributed by atoms with E-state index in [1.807, 2.05) is 45.3 Å². The summed E-state index contributed by atoms with van der Waals surface area (Å²) in [6.45, 7) is 3.37. The average Bonchev–Trinajstić information content (AvgIpc) is 2.91. The van der Waals surface area contributed by atoms with Gasteiger partial charge in [0.15, 0.2) is 5.65 Å². The molecular formula is C16H19N5O. The molecular weight excluding hydrogens is 278 g/mol. The SMILES string of the molecule is Cc1ccccc1OCCN(C)c1ncnc2c1cnn2C. The first-order valence-electron chi connectivity index (χ1n) is 7.19. The number of fused-ring (bicyclic) bond motifs is 1. The highest BCUT2D eigenvalue weighted by Gasteiger charge is 2.11. The Morgan fingerprint density at radius 2 is 2.05 bits per heavy atom. The lowest BCUT2D eigenvalue weighted by molar-refractivity contribution is 0.323. The minimum absolute atomic E-state index is 0.590. The van der Waals surface area contributed by atoms with E-state index in [9.17, 15) is 0 Å². The first-order valence-corrected chi connectivity index (χ1v) is 7.19. The van der Waals surface area contributed by atoms with Crippen molar-refractivity contribution in [1.29, 1.82) is 0 Å². The lowest BCUT2D eigenvalue weighted by atomic mass is 10.2. The number of para-hydroxylation sites is 1. The zero-order valence-electron chi connectivity index (χ0n) is 13.0. The molecule has 0 aliphatic heterocycles. The summed E-state index contributed by atoms with van der Waals surface area (Å²) in [5.41, 5.74) is 1.97. The van der Waals surface area contributed by atoms with Gasteiger partial charge in [0.1, 0.15) is 24.5 Å². The van der Waals surface area contributed by atoms with Crippen molar-refractivity contribution in [2.75, 3.05) is 25.1 Å². The molecule has 0 bridgehead atoms. The maximum absolute atomic E-state index is 5.84. The molecule has 0 N–H and O–H groups in total. The number of hydrogen-bond acceptors (Lipinski definition) is 5. The van der Waals surface area contributed by atoms with Gasteiger partial charge in [-0.25, -0.2) is 9.97 Å². The number of anilines is 1. The molecule has 0 aliphatic carbocycles. The summed E-state index contributed by atoms with van der Waals surface area (Å²) in [7, 11) is 3.87. The van der Waals surface area contributed by atoms with Crippen LogP contribution in [0, 0.1) is 6.92 Å². The van der Waals surface area contributed by atoms with E-state index in [-0.39, 0.29) is 0 Å². The smallest absolute Gasteiger partial charge is 0.163 e. The number of hydrogen-bond donors (Lipinski definition) is 0. The van der Waals surface area contributed by atoms with Crippen LogP contribution in [0.15, 0.2) is 36.8 Å². The van der Waals surface area contributed by atoms with E-state index < -0.39 is 0 Å². The van der Waals surface area contributed by atoms with Crippen molar-refractivity contribution in [2.24, 2.45) is 7.05 Å². The van der Waals surface area contributed by atoms with E-state index in [0.717, 1.165) is 34.7 Å². The number of ether oxygens (including phenoxy) is 1. The van der Waals surface area contributed by atoms with Crippen LogP contribution in [0.1, 0.15) is 5.56 Å². The Labute approximate surface area is 129 Å². The van der Waals surface area contributed by atoms with Gasteiger partial charge in [-0.1, -0.05) is 18.2 Å². The molecule has 0 fully saturated rings. The van der Waals surface area contributed by atoms with Crippen LogP contribution in [0.4, 0.5) is 5.82 Å². The molecule has 0 radical (unpaired) electrons. The Bertz CT molecular complexity index is 783. The van der Waals surface area contributed by atoms with E-state index in [2.05, 4.69) is 20.0 Å². The minimum atomic E-state index is 0.590. The van der Waals surface area contributed by atoms with E-state index in [0.29, 0.717) is 6.61 Å². The third-order valence-electron chi connectivity index (χ3n) is 3.65. The third kappa shape index (κ3) is 2.72. The Morgan fingerprint density at radius 1 is 1.23 bits per heavy atom. The highest BCUT2D eigenvalue weighted by molar-refractivity contribution is 5.86. The number of benzene rings is 1.